The molecule has 2 aromatic carbocycles. The zero-order valence-corrected chi connectivity index (χ0v) is 15.2. The molecule has 0 bridgehead atoms. The van der Waals surface area contributed by atoms with E-state index in [1.54, 1.807) is 0 Å². The Bertz CT molecular complexity index is 1010. The highest BCUT2D eigenvalue weighted by Gasteiger charge is 2.56. The van der Waals surface area contributed by atoms with E-state index < -0.39 is 15.6 Å². The highest BCUT2D eigenvalue weighted by Crippen LogP contribution is 2.39. The van der Waals surface area contributed by atoms with Crippen LogP contribution in [0.1, 0.15) is 17.5 Å². The first-order chi connectivity index (χ1) is 12.9. The second-order valence-electron chi connectivity index (χ2n) is 6.78. The number of hydrogen-bond acceptors (Lipinski definition) is 5. The van der Waals surface area contributed by atoms with E-state index >= 15 is 0 Å². The van der Waals surface area contributed by atoms with Gasteiger partial charge in [0.2, 0.25) is 15.9 Å². The van der Waals surface area contributed by atoms with Gasteiger partial charge in [-0.2, -0.15) is 9.57 Å². The van der Waals surface area contributed by atoms with E-state index in [9.17, 15) is 13.2 Å². The highest BCUT2D eigenvalue weighted by atomic mass is 32.2. The first kappa shape index (κ1) is 17.7. The van der Waals surface area contributed by atoms with E-state index in [0.29, 0.717) is 12.1 Å². The Balaban J connectivity index is 1.43. The van der Waals surface area contributed by atoms with Crippen LogP contribution in [-0.4, -0.2) is 42.4 Å². The summed E-state index contributed by atoms with van der Waals surface area (Å²) in [4.78, 5) is 18.2. The number of amides is 1. The summed E-state index contributed by atoms with van der Waals surface area (Å²) < 4.78 is 26.7. The van der Waals surface area contributed by atoms with Gasteiger partial charge in [-0.05, 0) is 29.8 Å². The van der Waals surface area contributed by atoms with E-state index in [1.165, 1.54) is 33.6 Å². The van der Waals surface area contributed by atoms with Crippen LogP contribution in [0.4, 0.5) is 0 Å². The lowest BCUT2D eigenvalue weighted by Gasteiger charge is -2.44. The normalized spacial score (nSPS) is 19.1. The molecule has 2 aliphatic rings. The number of carbonyl (C=O) groups is 1. The maximum Gasteiger partial charge on any atom is 0.249 e. The predicted octanol–water partition coefficient (Wildman–Crippen LogP) is 1.67. The highest BCUT2D eigenvalue weighted by molar-refractivity contribution is 7.89. The number of carbonyl (C=O) groups excluding carboxylic acids is 1. The van der Waals surface area contributed by atoms with Gasteiger partial charge in [0.15, 0.2) is 0 Å². The lowest BCUT2D eigenvalue weighted by atomic mass is 9.94. The minimum Gasteiger partial charge on any atom is -0.272 e. The molecule has 1 spiro atoms. The van der Waals surface area contributed by atoms with Gasteiger partial charge in [0.1, 0.15) is 5.60 Å². The van der Waals surface area contributed by atoms with Gasteiger partial charge in [-0.3, -0.25) is 9.63 Å². The number of nitrogens with zero attached hydrogens (tertiary/aromatic N) is 3. The van der Waals surface area contributed by atoms with Gasteiger partial charge in [0, 0.05) is 13.1 Å². The molecule has 27 heavy (non-hydrogen) atoms. The lowest BCUT2D eigenvalue weighted by molar-refractivity contribution is -0.228. The minimum atomic E-state index is -3.67. The van der Waals surface area contributed by atoms with Crippen molar-refractivity contribution < 1.29 is 18.0 Å². The summed E-state index contributed by atoms with van der Waals surface area (Å²) in [6.07, 6.45) is 0.166. The van der Waals surface area contributed by atoms with Gasteiger partial charge in [-0.1, -0.05) is 30.3 Å². The zero-order valence-electron chi connectivity index (χ0n) is 14.4. The number of rotatable bonds is 4. The Morgan fingerprint density at radius 2 is 1.74 bits per heavy atom. The van der Waals surface area contributed by atoms with E-state index in [-0.39, 0.29) is 30.3 Å². The van der Waals surface area contributed by atoms with Crippen LogP contribution in [0.2, 0.25) is 0 Å². The quantitative estimate of drug-likeness (QED) is 0.801. The Labute approximate surface area is 157 Å². The SMILES string of the molecule is N#Cc1ccc(S(=O)(=O)N2CC3(CC(=O)N(Cc4ccccc4)O3)C2)cc1. The number of hydrogen-bond donors (Lipinski definition) is 0. The van der Waals surface area contributed by atoms with E-state index in [2.05, 4.69) is 0 Å². The molecule has 0 unspecified atom stereocenters. The summed E-state index contributed by atoms with van der Waals surface area (Å²) in [7, 11) is -3.67. The van der Waals surface area contributed by atoms with Crippen molar-refractivity contribution in [2.24, 2.45) is 0 Å². The summed E-state index contributed by atoms with van der Waals surface area (Å²) in [6.45, 7) is 0.600. The molecule has 138 valence electrons. The molecule has 0 atom stereocenters. The third-order valence-corrected chi connectivity index (χ3v) is 6.58. The van der Waals surface area contributed by atoms with Crippen molar-refractivity contribution in [3.05, 3.63) is 65.7 Å². The Kier molecular flexibility index (Phi) is 4.23. The zero-order chi connectivity index (χ0) is 19.1. The molecule has 1 amide bonds. The van der Waals surface area contributed by atoms with Crippen LogP contribution in [0.15, 0.2) is 59.5 Å². The Morgan fingerprint density at radius 3 is 2.37 bits per heavy atom. The fourth-order valence-electron chi connectivity index (χ4n) is 3.34. The smallest absolute Gasteiger partial charge is 0.249 e. The van der Waals surface area contributed by atoms with Crippen LogP contribution >= 0.6 is 0 Å². The monoisotopic (exact) mass is 383 g/mol. The van der Waals surface area contributed by atoms with Gasteiger partial charge in [-0.15, -0.1) is 0 Å². The summed E-state index contributed by atoms with van der Waals surface area (Å²) in [5, 5.41) is 10.2. The van der Waals surface area contributed by atoms with E-state index in [1.807, 2.05) is 36.4 Å². The third-order valence-electron chi connectivity index (χ3n) is 4.77. The van der Waals surface area contributed by atoms with Gasteiger partial charge < -0.3 is 0 Å². The fourth-order valence-corrected chi connectivity index (χ4v) is 4.93. The van der Waals surface area contributed by atoms with Crippen molar-refractivity contribution in [2.75, 3.05) is 13.1 Å². The van der Waals surface area contributed by atoms with Crippen molar-refractivity contribution in [1.29, 1.82) is 5.26 Å². The summed E-state index contributed by atoms with van der Waals surface area (Å²) in [6, 6.07) is 17.2. The van der Waals surface area contributed by atoms with Gasteiger partial charge in [0.05, 0.1) is 29.5 Å². The molecule has 7 nitrogen and oxygen atoms in total. The van der Waals surface area contributed by atoms with Crippen molar-refractivity contribution in [1.82, 2.24) is 9.37 Å². The predicted molar refractivity (Wildman–Crippen MR) is 95.3 cm³/mol. The fraction of sp³-hybridized carbons (Fsp3) is 0.263. The van der Waals surface area contributed by atoms with Crippen molar-refractivity contribution in [3.63, 3.8) is 0 Å². The van der Waals surface area contributed by atoms with Crippen LogP contribution in [0, 0.1) is 11.3 Å². The Morgan fingerprint density at radius 1 is 1.07 bits per heavy atom. The minimum absolute atomic E-state index is 0.127. The van der Waals surface area contributed by atoms with E-state index in [4.69, 9.17) is 10.1 Å². The summed E-state index contributed by atoms with van der Waals surface area (Å²) in [5.74, 6) is -0.144. The molecule has 0 aromatic heterocycles. The molecule has 0 radical (unpaired) electrons. The molecular formula is C19H17N3O4S. The van der Waals surface area contributed by atoms with Crippen LogP contribution < -0.4 is 0 Å². The lowest BCUT2D eigenvalue weighted by Crippen LogP contribution is -2.63. The number of hydroxylamine groups is 2. The van der Waals surface area contributed by atoms with Crippen molar-refractivity contribution in [3.8, 4) is 6.07 Å². The summed E-state index contributed by atoms with van der Waals surface area (Å²) in [5.41, 5.74) is 0.561. The maximum absolute atomic E-state index is 12.7. The van der Waals surface area contributed by atoms with Crippen LogP contribution in [0.3, 0.4) is 0 Å². The molecule has 2 aromatic rings. The number of nitriles is 1. The second-order valence-corrected chi connectivity index (χ2v) is 8.71. The third kappa shape index (κ3) is 3.21. The summed E-state index contributed by atoms with van der Waals surface area (Å²) >= 11 is 0. The molecule has 0 saturated carbocycles. The molecule has 0 aliphatic carbocycles. The first-order valence-electron chi connectivity index (χ1n) is 8.46. The Hall–Kier alpha value is -2.73. The number of benzene rings is 2. The largest absolute Gasteiger partial charge is 0.272 e. The van der Waals surface area contributed by atoms with Crippen LogP contribution in [0.25, 0.3) is 0 Å². The average Bonchev–Trinajstić information content (AvgIpc) is 2.98. The standard InChI is InChI=1S/C19H17N3O4S/c20-11-15-6-8-17(9-7-15)27(24,25)21-13-19(14-21)10-18(23)22(26-19)12-16-4-2-1-3-5-16/h1-9H,10,12-14H2. The molecule has 2 saturated heterocycles. The molecule has 2 fully saturated rings. The second kappa shape index (κ2) is 6.46. The molecule has 0 N–H and O–H groups in total. The molecule has 2 heterocycles. The molecule has 2 aliphatic heterocycles. The van der Waals surface area contributed by atoms with Gasteiger partial charge in [0.25, 0.3) is 0 Å². The first-order valence-corrected chi connectivity index (χ1v) is 9.90. The van der Waals surface area contributed by atoms with Crippen LogP contribution in [-0.2, 0) is 26.2 Å². The van der Waals surface area contributed by atoms with Crippen molar-refractivity contribution >= 4 is 15.9 Å². The molecule has 4 rings (SSSR count). The molecule has 8 heteroatoms. The van der Waals surface area contributed by atoms with E-state index in [0.717, 1.165) is 5.56 Å². The maximum atomic E-state index is 12.7. The van der Waals surface area contributed by atoms with Crippen molar-refractivity contribution in [2.45, 2.75) is 23.5 Å². The average molecular weight is 383 g/mol. The number of sulfonamides is 1. The molecular weight excluding hydrogens is 366 g/mol. The van der Waals surface area contributed by atoms with Gasteiger partial charge >= 0.3 is 0 Å². The topological polar surface area (TPSA) is 90.7 Å². The van der Waals surface area contributed by atoms with Gasteiger partial charge in [-0.25, -0.2) is 13.5 Å². The van der Waals surface area contributed by atoms with Crippen LogP contribution in [0.5, 0.6) is 0 Å².